The van der Waals surface area contributed by atoms with Crippen molar-refractivity contribution in [3.63, 3.8) is 0 Å². The van der Waals surface area contributed by atoms with Gasteiger partial charge in [-0.2, -0.15) is 0 Å². The molecule has 20 heavy (non-hydrogen) atoms. The van der Waals surface area contributed by atoms with Crippen molar-refractivity contribution in [1.82, 2.24) is 0 Å². The first kappa shape index (κ1) is 14.9. The van der Waals surface area contributed by atoms with E-state index in [2.05, 4.69) is 12.2 Å². The molecule has 1 aromatic rings. The molecule has 1 aliphatic carbocycles. The quantitative estimate of drug-likeness (QED) is 0.832. The molecule has 4 nitrogen and oxygen atoms in total. The molecule has 0 aromatic heterocycles. The van der Waals surface area contributed by atoms with Crippen molar-refractivity contribution in [1.29, 1.82) is 0 Å². The number of carbonyl (C=O) groups is 1. The summed E-state index contributed by atoms with van der Waals surface area (Å²) in [7, 11) is 1.62. The summed E-state index contributed by atoms with van der Waals surface area (Å²) < 4.78 is 11.0. The number of nitrogens with one attached hydrogen (secondary N) is 1. The van der Waals surface area contributed by atoms with Gasteiger partial charge in [-0.15, -0.1) is 0 Å². The molecule has 1 aliphatic rings. The largest absolute Gasteiger partial charge is 0.497 e. The number of hydrogen-bond acceptors (Lipinski definition) is 3. The predicted molar refractivity (Wildman–Crippen MR) is 79.0 cm³/mol. The lowest BCUT2D eigenvalue weighted by atomic mass is 9.98. The van der Waals surface area contributed by atoms with Crippen LogP contribution in [-0.4, -0.2) is 25.2 Å². The predicted octanol–water partition coefficient (Wildman–Crippen LogP) is 3.23. The van der Waals surface area contributed by atoms with Crippen LogP contribution in [0, 0.1) is 5.92 Å². The lowest BCUT2D eigenvalue weighted by Gasteiger charge is -2.28. The number of hydrogen-bond donors (Lipinski definition) is 1. The van der Waals surface area contributed by atoms with Crippen LogP contribution in [0.4, 0.5) is 5.69 Å². The van der Waals surface area contributed by atoms with Gasteiger partial charge in [-0.1, -0.05) is 6.92 Å². The Balaban J connectivity index is 2.03. The molecular formula is C16H23NO3. The molecule has 1 amide bonds. The second-order valence-corrected chi connectivity index (χ2v) is 5.41. The van der Waals surface area contributed by atoms with Gasteiger partial charge >= 0.3 is 0 Å². The van der Waals surface area contributed by atoms with Gasteiger partial charge in [-0.3, -0.25) is 4.79 Å². The van der Waals surface area contributed by atoms with E-state index in [0.717, 1.165) is 30.7 Å². The molecule has 0 radical (unpaired) electrons. The minimum Gasteiger partial charge on any atom is -0.497 e. The SMILES string of the molecule is CCCO[C@](C)(C(=O)Nc1ccc(OC)cc1)C1CC1. The van der Waals surface area contributed by atoms with E-state index >= 15 is 0 Å². The number of anilines is 1. The zero-order valence-corrected chi connectivity index (χ0v) is 12.4. The second-order valence-electron chi connectivity index (χ2n) is 5.41. The Kier molecular flexibility index (Phi) is 4.65. The Bertz CT molecular complexity index is 453. The van der Waals surface area contributed by atoms with Crippen molar-refractivity contribution in [2.24, 2.45) is 5.92 Å². The molecule has 0 heterocycles. The van der Waals surface area contributed by atoms with Crippen LogP contribution in [0.25, 0.3) is 0 Å². The van der Waals surface area contributed by atoms with Gasteiger partial charge < -0.3 is 14.8 Å². The minimum atomic E-state index is -0.712. The molecule has 1 atom stereocenters. The van der Waals surface area contributed by atoms with E-state index in [-0.39, 0.29) is 5.91 Å². The Morgan fingerprint density at radius 3 is 2.50 bits per heavy atom. The molecule has 110 valence electrons. The Morgan fingerprint density at radius 2 is 2.00 bits per heavy atom. The van der Waals surface area contributed by atoms with Crippen LogP contribution in [0.3, 0.4) is 0 Å². The lowest BCUT2D eigenvalue weighted by molar-refractivity contribution is -0.142. The maximum Gasteiger partial charge on any atom is 0.256 e. The summed E-state index contributed by atoms with van der Waals surface area (Å²) in [6.07, 6.45) is 3.05. The number of carbonyl (C=O) groups excluding carboxylic acids is 1. The summed E-state index contributed by atoms with van der Waals surface area (Å²) in [4.78, 5) is 12.5. The topological polar surface area (TPSA) is 47.6 Å². The third kappa shape index (κ3) is 3.31. The van der Waals surface area contributed by atoms with Crippen LogP contribution in [0.15, 0.2) is 24.3 Å². The van der Waals surface area contributed by atoms with E-state index in [1.54, 1.807) is 7.11 Å². The molecule has 1 fully saturated rings. The maximum absolute atomic E-state index is 12.5. The van der Waals surface area contributed by atoms with Crippen LogP contribution < -0.4 is 10.1 Å². The van der Waals surface area contributed by atoms with Crippen molar-refractivity contribution in [2.75, 3.05) is 19.0 Å². The normalized spacial score (nSPS) is 17.4. The highest BCUT2D eigenvalue weighted by molar-refractivity contribution is 5.97. The molecular weight excluding hydrogens is 254 g/mol. The maximum atomic E-state index is 12.5. The molecule has 0 bridgehead atoms. The van der Waals surface area contributed by atoms with Crippen LogP contribution in [-0.2, 0) is 9.53 Å². The first-order chi connectivity index (χ1) is 9.60. The number of amides is 1. The first-order valence-corrected chi connectivity index (χ1v) is 7.19. The molecule has 0 spiro atoms. The lowest BCUT2D eigenvalue weighted by Crippen LogP contribution is -2.45. The average Bonchev–Trinajstić information content (AvgIpc) is 3.30. The van der Waals surface area contributed by atoms with Gasteiger partial charge in [0.1, 0.15) is 11.4 Å². The highest BCUT2D eigenvalue weighted by atomic mass is 16.5. The van der Waals surface area contributed by atoms with E-state index in [9.17, 15) is 4.79 Å². The van der Waals surface area contributed by atoms with Crippen LogP contribution in [0.5, 0.6) is 5.75 Å². The van der Waals surface area contributed by atoms with Crippen molar-refractivity contribution < 1.29 is 14.3 Å². The van der Waals surface area contributed by atoms with E-state index in [0.29, 0.717) is 12.5 Å². The fourth-order valence-electron chi connectivity index (χ4n) is 2.25. The van der Waals surface area contributed by atoms with E-state index < -0.39 is 5.60 Å². The zero-order valence-electron chi connectivity index (χ0n) is 12.4. The number of benzene rings is 1. The van der Waals surface area contributed by atoms with Crippen molar-refractivity contribution in [3.8, 4) is 5.75 Å². The highest BCUT2D eigenvalue weighted by Gasteiger charge is 2.48. The van der Waals surface area contributed by atoms with Gasteiger partial charge in [0, 0.05) is 12.3 Å². The number of rotatable bonds is 7. The van der Waals surface area contributed by atoms with Crippen LogP contribution >= 0.6 is 0 Å². The van der Waals surface area contributed by atoms with Gasteiger partial charge in [0.2, 0.25) is 0 Å². The molecule has 1 saturated carbocycles. The summed E-state index contributed by atoms with van der Waals surface area (Å²) in [6, 6.07) is 7.34. The van der Waals surface area contributed by atoms with Crippen LogP contribution in [0.1, 0.15) is 33.1 Å². The van der Waals surface area contributed by atoms with Crippen molar-refractivity contribution in [2.45, 2.75) is 38.7 Å². The highest BCUT2D eigenvalue weighted by Crippen LogP contribution is 2.42. The third-order valence-electron chi connectivity index (χ3n) is 3.76. The summed E-state index contributed by atoms with van der Waals surface area (Å²) in [5.41, 5.74) is 0.0541. The molecule has 1 N–H and O–H groups in total. The van der Waals surface area contributed by atoms with Gasteiger partial charge in [0.15, 0.2) is 0 Å². The standard InChI is InChI=1S/C16H23NO3/c1-4-11-20-16(2,12-5-6-12)15(18)17-13-7-9-14(19-3)10-8-13/h7-10,12H,4-6,11H2,1-3H3,(H,17,18)/t16-/m0/s1. The molecule has 0 unspecified atom stereocenters. The number of methoxy groups -OCH3 is 1. The second kappa shape index (κ2) is 6.27. The monoisotopic (exact) mass is 277 g/mol. The van der Waals surface area contributed by atoms with Gasteiger partial charge in [0.25, 0.3) is 5.91 Å². The smallest absolute Gasteiger partial charge is 0.256 e. The first-order valence-electron chi connectivity index (χ1n) is 7.19. The van der Waals surface area contributed by atoms with Gasteiger partial charge in [-0.25, -0.2) is 0 Å². The summed E-state index contributed by atoms with van der Waals surface area (Å²) in [6.45, 7) is 4.57. The number of ether oxygens (including phenoxy) is 2. The van der Waals surface area contributed by atoms with E-state index in [1.807, 2.05) is 31.2 Å². The van der Waals surface area contributed by atoms with Crippen molar-refractivity contribution in [3.05, 3.63) is 24.3 Å². The average molecular weight is 277 g/mol. The Labute approximate surface area is 120 Å². The Hall–Kier alpha value is -1.55. The summed E-state index contributed by atoms with van der Waals surface area (Å²) in [5.74, 6) is 1.06. The molecule has 0 saturated heterocycles. The van der Waals surface area contributed by atoms with Gasteiger partial charge in [-0.05, 0) is 56.4 Å². The molecule has 1 aromatic carbocycles. The zero-order chi connectivity index (χ0) is 14.6. The van der Waals surface area contributed by atoms with E-state index in [1.165, 1.54) is 0 Å². The van der Waals surface area contributed by atoms with E-state index in [4.69, 9.17) is 9.47 Å². The third-order valence-corrected chi connectivity index (χ3v) is 3.76. The van der Waals surface area contributed by atoms with Gasteiger partial charge in [0.05, 0.1) is 7.11 Å². The molecule has 0 aliphatic heterocycles. The fourth-order valence-corrected chi connectivity index (χ4v) is 2.25. The minimum absolute atomic E-state index is 0.0568. The molecule has 4 heteroatoms. The summed E-state index contributed by atoms with van der Waals surface area (Å²) in [5, 5.41) is 2.94. The molecule has 2 rings (SSSR count). The summed E-state index contributed by atoms with van der Waals surface area (Å²) >= 11 is 0. The fraction of sp³-hybridized carbons (Fsp3) is 0.562. The Morgan fingerprint density at radius 1 is 1.35 bits per heavy atom. The van der Waals surface area contributed by atoms with Crippen LogP contribution in [0.2, 0.25) is 0 Å². The van der Waals surface area contributed by atoms with Crippen molar-refractivity contribution >= 4 is 11.6 Å².